The van der Waals surface area contributed by atoms with Crippen molar-refractivity contribution in [3.8, 4) is 0 Å². The summed E-state index contributed by atoms with van der Waals surface area (Å²) in [6, 6.07) is 0. The van der Waals surface area contributed by atoms with Crippen molar-refractivity contribution in [1.82, 2.24) is 15.4 Å². The number of nitrogens with zero attached hydrogens (tertiary/aromatic N) is 2. The first-order chi connectivity index (χ1) is 6.47. The lowest BCUT2D eigenvalue weighted by atomic mass is 10.2. The minimum Gasteiger partial charge on any atom is -0.460 e. The van der Waals surface area contributed by atoms with Crippen LogP contribution >= 0.6 is 0 Å². The van der Waals surface area contributed by atoms with Crippen molar-refractivity contribution in [3.05, 3.63) is 11.9 Å². The molecule has 1 heterocycles. The number of nitrogens with one attached hydrogen (secondary N) is 1. The molecule has 1 rings (SSSR count). The first-order valence-electron chi connectivity index (χ1n) is 4.54. The van der Waals surface area contributed by atoms with E-state index in [1.165, 1.54) is 0 Å². The van der Waals surface area contributed by atoms with Crippen LogP contribution < -0.4 is 0 Å². The van der Waals surface area contributed by atoms with Gasteiger partial charge >= 0.3 is 5.97 Å². The average molecular weight is 197 g/mol. The lowest BCUT2D eigenvalue weighted by molar-refractivity contribution is -0.154. The fourth-order valence-corrected chi connectivity index (χ4v) is 0.968. The van der Waals surface area contributed by atoms with Crippen molar-refractivity contribution in [1.29, 1.82) is 0 Å². The minimum absolute atomic E-state index is 0.208. The van der Waals surface area contributed by atoms with E-state index in [2.05, 4.69) is 15.4 Å². The van der Waals surface area contributed by atoms with Crippen LogP contribution in [0.15, 0.2) is 6.20 Å². The average Bonchev–Trinajstić information content (AvgIpc) is 2.49. The molecule has 0 aromatic carbocycles. The molecule has 78 valence electrons. The van der Waals surface area contributed by atoms with E-state index in [9.17, 15) is 4.79 Å². The number of aromatic amines is 1. The maximum atomic E-state index is 11.3. The molecule has 0 aliphatic heterocycles. The van der Waals surface area contributed by atoms with Crippen LogP contribution in [0.1, 0.15) is 32.9 Å². The first kappa shape index (κ1) is 10.7. The van der Waals surface area contributed by atoms with Gasteiger partial charge in [-0.25, -0.2) is 0 Å². The van der Waals surface area contributed by atoms with Crippen molar-refractivity contribution in [2.75, 3.05) is 0 Å². The van der Waals surface area contributed by atoms with Crippen LogP contribution in [0.2, 0.25) is 0 Å². The second kappa shape index (κ2) is 4.21. The Kier molecular flexibility index (Phi) is 3.22. The lowest BCUT2D eigenvalue weighted by Crippen LogP contribution is -2.24. The summed E-state index contributed by atoms with van der Waals surface area (Å²) in [6.45, 7) is 5.54. The van der Waals surface area contributed by atoms with E-state index in [1.807, 2.05) is 20.8 Å². The van der Waals surface area contributed by atoms with Crippen molar-refractivity contribution in [2.45, 2.75) is 39.2 Å². The van der Waals surface area contributed by atoms with Crippen LogP contribution in [0.25, 0.3) is 0 Å². The Morgan fingerprint density at radius 3 is 2.79 bits per heavy atom. The first-order valence-corrected chi connectivity index (χ1v) is 4.54. The van der Waals surface area contributed by atoms with Gasteiger partial charge < -0.3 is 4.74 Å². The molecule has 1 aromatic heterocycles. The third-order valence-electron chi connectivity index (χ3n) is 1.47. The van der Waals surface area contributed by atoms with Gasteiger partial charge in [0.1, 0.15) is 5.60 Å². The molecule has 14 heavy (non-hydrogen) atoms. The van der Waals surface area contributed by atoms with Gasteiger partial charge in [-0.1, -0.05) is 0 Å². The van der Waals surface area contributed by atoms with Gasteiger partial charge in [0.25, 0.3) is 0 Å². The summed E-state index contributed by atoms with van der Waals surface area (Å²) < 4.78 is 5.14. The molecule has 1 N–H and O–H groups in total. The number of aryl methyl sites for hydroxylation is 1. The Balaban J connectivity index is 2.29. The number of aromatic nitrogens is 3. The summed E-state index contributed by atoms with van der Waals surface area (Å²) >= 11 is 0. The highest BCUT2D eigenvalue weighted by atomic mass is 16.6. The van der Waals surface area contributed by atoms with E-state index in [0.29, 0.717) is 12.8 Å². The molecule has 5 nitrogen and oxygen atoms in total. The molecular formula is C9H15N3O2. The molecule has 0 amide bonds. The summed E-state index contributed by atoms with van der Waals surface area (Å²) in [4.78, 5) is 11.3. The van der Waals surface area contributed by atoms with Crippen molar-refractivity contribution >= 4 is 5.97 Å². The number of rotatable bonds is 3. The molecule has 0 fully saturated rings. The van der Waals surface area contributed by atoms with Crippen LogP contribution in [-0.4, -0.2) is 27.0 Å². The zero-order chi connectivity index (χ0) is 10.6. The quantitative estimate of drug-likeness (QED) is 0.736. The monoisotopic (exact) mass is 197 g/mol. The molecule has 0 aliphatic rings. The highest BCUT2D eigenvalue weighted by molar-refractivity contribution is 5.70. The van der Waals surface area contributed by atoms with E-state index < -0.39 is 5.60 Å². The number of hydrogen-bond donors (Lipinski definition) is 1. The van der Waals surface area contributed by atoms with Gasteiger partial charge in [0.05, 0.1) is 18.3 Å². The SMILES string of the molecule is CC(C)(C)OC(=O)CCc1cn[nH]n1. The Hall–Kier alpha value is -1.39. The number of esters is 1. The highest BCUT2D eigenvalue weighted by Gasteiger charge is 2.16. The molecule has 0 radical (unpaired) electrons. The van der Waals surface area contributed by atoms with Gasteiger partial charge in [-0.3, -0.25) is 4.79 Å². The van der Waals surface area contributed by atoms with E-state index in [4.69, 9.17) is 4.74 Å². The van der Waals surface area contributed by atoms with Crippen LogP contribution in [0.4, 0.5) is 0 Å². The third-order valence-corrected chi connectivity index (χ3v) is 1.47. The van der Waals surface area contributed by atoms with Crippen molar-refractivity contribution < 1.29 is 9.53 Å². The smallest absolute Gasteiger partial charge is 0.306 e. The van der Waals surface area contributed by atoms with Crippen LogP contribution in [0.3, 0.4) is 0 Å². The maximum Gasteiger partial charge on any atom is 0.306 e. The summed E-state index contributed by atoms with van der Waals surface area (Å²) in [6.07, 6.45) is 2.50. The summed E-state index contributed by atoms with van der Waals surface area (Å²) in [7, 11) is 0. The molecule has 0 spiro atoms. The number of hydrogen-bond acceptors (Lipinski definition) is 4. The second-order valence-corrected chi connectivity index (χ2v) is 4.05. The van der Waals surface area contributed by atoms with Gasteiger partial charge in [0.2, 0.25) is 0 Å². The predicted octanol–water partition coefficient (Wildman–Crippen LogP) is 1.08. The maximum absolute atomic E-state index is 11.3. The molecule has 0 aliphatic carbocycles. The van der Waals surface area contributed by atoms with E-state index >= 15 is 0 Å². The van der Waals surface area contributed by atoms with E-state index in [0.717, 1.165) is 5.69 Å². The fraction of sp³-hybridized carbons (Fsp3) is 0.667. The number of carbonyl (C=O) groups excluding carboxylic acids is 1. The van der Waals surface area contributed by atoms with Crippen LogP contribution in [0, 0.1) is 0 Å². The molecule has 0 bridgehead atoms. The predicted molar refractivity (Wildman–Crippen MR) is 50.5 cm³/mol. The normalized spacial score (nSPS) is 11.4. The van der Waals surface area contributed by atoms with Crippen LogP contribution in [0.5, 0.6) is 0 Å². The Bertz CT molecular complexity index is 288. The van der Waals surface area contributed by atoms with Gasteiger partial charge in [-0.15, -0.1) is 0 Å². The number of H-pyrrole nitrogens is 1. The van der Waals surface area contributed by atoms with Gasteiger partial charge in [-0.2, -0.15) is 15.4 Å². The summed E-state index contributed by atoms with van der Waals surface area (Å²) in [5, 5.41) is 9.98. The number of ether oxygens (including phenoxy) is 1. The molecular weight excluding hydrogens is 182 g/mol. The fourth-order valence-electron chi connectivity index (χ4n) is 0.968. The molecule has 0 atom stereocenters. The largest absolute Gasteiger partial charge is 0.460 e. The molecule has 0 saturated carbocycles. The Labute approximate surface area is 82.8 Å². The zero-order valence-corrected chi connectivity index (χ0v) is 8.70. The number of carbonyl (C=O) groups is 1. The lowest BCUT2D eigenvalue weighted by Gasteiger charge is -2.19. The molecule has 0 unspecified atom stereocenters. The van der Waals surface area contributed by atoms with E-state index in [1.54, 1.807) is 6.20 Å². The van der Waals surface area contributed by atoms with Gasteiger partial charge in [0.15, 0.2) is 0 Å². The molecule has 0 saturated heterocycles. The van der Waals surface area contributed by atoms with Crippen molar-refractivity contribution in [2.24, 2.45) is 0 Å². The Morgan fingerprint density at radius 2 is 2.29 bits per heavy atom. The van der Waals surface area contributed by atoms with E-state index in [-0.39, 0.29) is 5.97 Å². The second-order valence-electron chi connectivity index (χ2n) is 4.05. The third kappa shape index (κ3) is 4.02. The van der Waals surface area contributed by atoms with Gasteiger partial charge in [0, 0.05) is 6.42 Å². The minimum atomic E-state index is -0.416. The van der Waals surface area contributed by atoms with Crippen molar-refractivity contribution in [3.63, 3.8) is 0 Å². The van der Waals surface area contributed by atoms with Crippen LogP contribution in [-0.2, 0) is 16.0 Å². The van der Waals surface area contributed by atoms with Gasteiger partial charge in [-0.05, 0) is 20.8 Å². The standard InChI is InChI=1S/C9H15N3O2/c1-9(2,3)14-8(13)5-4-7-6-10-12-11-7/h6H,4-5H2,1-3H3,(H,10,11,12). The summed E-state index contributed by atoms with van der Waals surface area (Å²) in [5.41, 5.74) is 0.358. The highest BCUT2D eigenvalue weighted by Crippen LogP contribution is 2.09. The summed E-state index contributed by atoms with van der Waals surface area (Å²) in [5.74, 6) is -0.208. The Morgan fingerprint density at radius 1 is 1.57 bits per heavy atom. The topological polar surface area (TPSA) is 67.9 Å². The molecule has 5 heteroatoms. The molecule has 1 aromatic rings. The zero-order valence-electron chi connectivity index (χ0n) is 8.70.